The lowest BCUT2D eigenvalue weighted by Crippen LogP contribution is -2.62. The Morgan fingerprint density at radius 3 is 2.42 bits per heavy atom. The number of likely N-dealkylation sites (tertiary alicyclic amines) is 2. The summed E-state index contributed by atoms with van der Waals surface area (Å²) in [4.78, 5) is 27.5. The Morgan fingerprint density at radius 1 is 1.15 bits per heavy atom. The third-order valence-corrected chi connectivity index (χ3v) is 8.22. The molecule has 0 aromatic heterocycles. The summed E-state index contributed by atoms with van der Waals surface area (Å²) in [5, 5.41) is 12.5. The summed E-state index contributed by atoms with van der Waals surface area (Å²) in [7, 11) is 0. The molecule has 3 heterocycles. The second-order valence-electron chi connectivity index (χ2n) is 9.21. The quantitative estimate of drug-likeness (QED) is 0.808. The number of hydrogen-bond acceptors (Lipinski definition) is 3. The summed E-state index contributed by atoms with van der Waals surface area (Å²) in [5.74, 6) is 0.852. The highest BCUT2D eigenvalue weighted by molar-refractivity contribution is 5.80. The van der Waals surface area contributed by atoms with E-state index in [0.717, 1.165) is 58.2 Å². The number of nitrogens with one attached hydrogen (secondary N) is 1. The average Bonchev–Trinajstić information content (AvgIpc) is 3.18. The van der Waals surface area contributed by atoms with Crippen LogP contribution in [0.25, 0.3) is 0 Å². The SMILES string of the molecule is CCC1NC(=O)CC12CCN(C1CC3(CCN(C(=O)O)C3)C1CC)CC2. The molecular formula is C20H33N3O3. The van der Waals surface area contributed by atoms with Gasteiger partial charge in [-0.2, -0.15) is 0 Å². The van der Waals surface area contributed by atoms with Gasteiger partial charge in [0.15, 0.2) is 0 Å². The van der Waals surface area contributed by atoms with Gasteiger partial charge in [-0.05, 0) is 56.5 Å². The van der Waals surface area contributed by atoms with E-state index in [1.165, 1.54) is 0 Å². The van der Waals surface area contributed by atoms with E-state index in [2.05, 4.69) is 24.1 Å². The van der Waals surface area contributed by atoms with Crippen LogP contribution in [0.1, 0.15) is 58.8 Å². The van der Waals surface area contributed by atoms with Gasteiger partial charge in [-0.1, -0.05) is 20.3 Å². The molecule has 2 amide bonds. The topological polar surface area (TPSA) is 72.9 Å². The Morgan fingerprint density at radius 2 is 1.85 bits per heavy atom. The molecular weight excluding hydrogens is 330 g/mol. The Balaban J connectivity index is 1.39. The molecule has 0 aromatic rings. The summed E-state index contributed by atoms with van der Waals surface area (Å²) in [6, 6.07) is 0.960. The number of carbonyl (C=O) groups is 2. The summed E-state index contributed by atoms with van der Waals surface area (Å²) in [6.45, 7) is 8.05. The summed E-state index contributed by atoms with van der Waals surface area (Å²) in [5.41, 5.74) is 0.405. The fraction of sp³-hybridized carbons (Fsp3) is 0.900. The van der Waals surface area contributed by atoms with Crippen LogP contribution in [0.15, 0.2) is 0 Å². The first-order valence-corrected chi connectivity index (χ1v) is 10.4. The monoisotopic (exact) mass is 363 g/mol. The molecule has 4 aliphatic rings. The molecule has 4 fully saturated rings. The van der Waals surface area contributed by atoms with Crippen molar-refractivity contribution < 1.29 is 14.7 Å². The smallest absolute Gasteiger partial charge is 0.407 e. The minimum atomic E-state index is -0.760. The van der Waals surface area contributed by atoms with Crippen molar-refractivity contribution in [3.63, 3.8) is 0 Å². The number of carbonyl (C=O) groups excluding carboxylic acids is 1. The normalized spacial score (nSPS) is 39.4. The van der Waals surface area contributed by atoms with Crippen LogP contribution in [-0.2, 0) is 4.79 Å². The van der Waals surface area contributed by atoms with Crippen molar-refractivity contribution in [2.45, 2.75) is 70.9 Å². The lowest BCUT2D eigenvalue weighted by molar-refractivity contribution is -0.120. The van der Waals surface area contributed by atoms with E-state index >= 15 is 0 Å². The molecule has 3 aliphatic heterocycles. The molecule has 146 valence electrons. The van der Waals surface area contributed by atoms with E-state index in [1.54, 1.807) is 4.90 Å². The van der Waals surface area contributed by atoms with Crippen molar-refractivity contribution in [1.82, 2.24) is 15.1 Å². The average molecular weight is 364 g/mol. The molecule has 6 heteroatoms. The predicted octanol–water partition coefficient (Wildman–Crippen LogP) is 2.54. The number of amides is 2. The van der Waals surface area contributed by atoms with E-state index < -0.39 is 6.09 Å². The molecule has 4 unspecified atom stereocenters. The van der Waals surface area contributed by atoms with E-state index in [0.29, 0.717) is 31.0 Å². The van der Waals surface area contributed by atoms with Crippen LogP contribution < -0.4 is 5.32 Å². The Kier molecular flexibility index (Phi) is 4.45. The van der Waals surface area contributed by atoms with Gasteiger partial charge in [0.25, 0.3) is 0 Å². The molecule has 6 nitrogen and oxygen atoms in total. The predicted molar refractivity (Wildman–Crippen MR) is 98.9 cm³/mol. The van der Waals surface area contributed by atoms with E-state index in [1.807, 2.05) is 0 Å². The van der Waals surface area contributed by atoms with Gasteiger partial charge < -0.3 is 20.2 Å². The second-order valence-corrected chi connectivity index (χ2v) is 9.21. The summed E-state index contributed by atoms with van der Waals surface area (Å²) < 4.78 is 0. The summed E-state index contributed by atoms with van der Waals surface area (Å²) in [6.07, 6.45) is 6.52. The van der Waals surface area contributed by atoms with Crippen LogP contribution in [0.3, 0.4) is 0 Å². The third kappa shape index (κ3) is 2.63. The highest BCUT2D eigenvalue weighted by atomic mass is 16.4. The molecule has 1 aliphatic carbocycles. The van der Waals surface area contributed by atoms with Crippen LogP contribution in [0, 0.1) is 16.7 Å². The zero-order valence-electron chi connectivity index (χ0n) is 16.2. The Labute approximate surface area is 156 Å². The molecule has 0 bridgehead atoms. The van der Waals surface area contributed by atoms with E-state index in [-0.39, 0.29) is 16.7 Å². The zero-order valence-corrected chi connectivity index (χ0v) is 16.2. The van der Waals surface area contributed by atoms with Crippen molar-refractivity contribution in [1.29, 1.82) is 0 Å². The maximum absolute atomic E-state index is 11.9. The molecule has 1 saturated carbocycles. The summed E-state index contributed by atoms with van der Waals surface area (Å²) >= 11 is 0. The molecule has 2 spiro atoms. The minimum absolute atomic E-state index is 0.180. The Hall–Kier alpha value is -1.30. The maximum atomic E-state index is 11.9. The molecule has 0 aromatic carbocycles. The van der Waals surface area contributed by atoms with Gasteiger partial charge >= 0.3 is 6.09 Å². The van der Waals surface area contributed by atoms with Crippen LogP contribution >= 0.6 is 0 Å². The van der Waals surface area contributed by atoms with Gasteiger partial charge in [-0.3, -0.25) is 4.79 Å². The molecule has 26 heavy (non-hydrogen) atoms. The van der Waals surface area contributed by atoms with Gasteiger partial charge in [-0.25, -0.2) is 4.79 Å². The fourth-order valence-corrected chi connectivity index (χ4v) is 6.78. The molecule has 3 saturated heterocycles. The molecule has 4 rings (SSSR count). The van der Waals surface area contributed by atoms with E-state index in [9.17, 15) is 14.7 Å². The first kappa shape index (κ1) is 18.1. The molecule has 4 atom stereocenters. The van der Waals surface area contributed by atoms with Gasteiger partial charge in [-0.15, -0.1) is 0 Å². The zero-order chi connectivity index (χ0) is 18.5. The maximum Gasteiger partial charge on any atom is 0.407 e. The Bertz CT molecular complexity index is 587. The molecule has 0 radical (unpaired) electrons. The van der Waals surface area contributed by atoms with Crippen LogP contribution in [0.2, 0.25) is 0 Å². The van der Waals surface area contributed by atoms with Crippen molar-refractivity contribution in [2.75, 3.05) is 26.2 Å². The van der Waals surface area contributed by atoms with E-state index in [4.69, 9.17) is 0 Å². The van der Waals surface area contributed by atoms with Crippen molar-refractivity contribution >= 4 is 12.0 Å². The van der Waals surface area contributed by atoms with Gasteiger partial charge in [0.05, 0.1) is 0 Å². The molecule has 2 N–H and O–H groups in total. The number of nitrogens with zero attached hydrogens (tertiary/aromatic N) is 2. The number of rotatable bonds is 3. The highest BCUT2D eigenvalue weighted by Crippen LogP contribution is 2.57. The van der Waals surface area contributed by atoms with Crippen molar-refractivity contribution in [3.8, 4) is 0 Å². The van der Waals surface area contributed by atoms with Crippen molar-refractivity contribution in [2.24, 2.45) is 16.7 Å². The number of piperidine rings is 1. The number of hydrogen-bond donors (Lipinski definition) is 2. The lowest BCUT2D eigenvalue weighted by atomic mass is 9.54. The van der Waals surface area contributed by atoms with Gasteiger partial charge in [0.2, 0.25) is 5.91 Å². The second kappa shape index (κ2) is 6.39. The fourth-order valence-electron chi connectivity index (χ4n) is 6.78. The van der Waals surface area contributed by atoms with Crippen LogP contribution in [0.5, 0.6) is 0 Å². The van der Waals surface area contributed by atoms with Crippen LogP contribution in [-0.4, -0.2) is 65.2 Å². The van der Waals surface area contributed by atoms with Crippen LogP contribution in [0.4, 0.5) is 4.79 Å². The van der Waals surface area contributed by atoms with Crippen molar-refractivity contribution in [3.05, 3.63) is 0 Å². The highest BCUT2D eigenvalue weighted by Gasteiger charge is 2.59. The first-order chi connectivity index (χ1) is 12.4. The lowest BCUT2D eigenvalue weighted by Gasteiger charge is -2.59. The standard InChI is InChI=1S/C20H33N3O3/c1-3-14-15(11-20(14)7-10-23(13-20)18(25)26)22-8-5-19(6-9-22)12-17(24)21-16(19)4-2/h14-16H,3-13H2,1-2H3,(H,21,24)(H,25,26). The minimum Gasteiger partial charge on any atom is -0.465 e. The number of carboxylic acid groups (broad SMARTS) is 1. The first-order valence-electron chi connectivity index (χ1n) is 10.4. The van der Waals surface area contributed by atoms with Gasteiger partial charge in [0.1, 0.15) is 0 Å². The third-order valence-electron chi connectivity index (χ3n) is 8.22. The van der Waals surface area contributed by atoms with Gasteiger partial charge in [0, 0.05) is 37.0 Å². The largest absolute Gasteiger partial charge is 0.465 e.